The van der Waals surface area contributed by atoms with Crippen LogP contribution in [0.3, 0.4) is 0 Å². The topological polar surface area (TPSA) is 99.1 Å². The first kappa shape index (κ1) is 15.3. The molecule has 1 aliphatic heterocycles. The number of benzene rings is 1. The van der Waals surface area contributed by atoms with Crippen LogP contribution in [0.2, 0.25) is 0 Å². The minimum atomic E-state index is -0.897. The molecular formula is C14H18N2O5. The second-order valence-corrected chi connectivity index (χ2v) is 4.80. The van der Waals surface area contributed by atoms with Crippen LogP contribution in [0.4, 0.5) is 10.5 Å². The van der Waals surface area contributed by atoms with Gasteiger partial charge < -0.3 is 25.2 Å². The number of aliphatic hydroxyl groups is 1. The number of anilines is 1. The third kappa shape index (κ3) is 4.17. The Morgan fingerprint density at radius 2 is 2.05 bits per heavy atom. The monoisotopic (exact) mass is 294 g/mol. The highest BCUT2D eigenvalue weighted by atomic mass is 16.5. The number of rotatable bonds is 4. The van der Waals surface area contributed by atoms with E-state index in [1.165, 1.54) is 4.90 Å². The van der Waals surface area contributed by atoms with Crippen molar-refractivity contribution < 1.29 is 24.5 Å². The van der Waals surface area contributed by atoms with Gasteiger partial charge in [0.25, 0.3) is 0 Å². The molecule has 1 aromatic carbocycles. The number of carbonyl (C=O) groups is 2. The highest BCUT2D eigenvalue weighted by Gasteiger charge is 2.26. The zero-order valence-electron chi connectivity index (χ0n) is 11.5. The summed E-state index contributed by atoms with van der Waals surface area (Å²) >= 11 is 0. The molecule has 114 valence electrons. The minimum absolute atomic E-state index is 0.0513. The Balaban J connectivity index is 1.96. The maximum Gasteiger partial charge on any atom is 0.322 e. The van der Waals surface area contributed by atoms with E-state index in [0.29, 0.717) is 31.0 Å². The van der Waals surface area contributed by atoms with Gasteiger partial charge in [0.15, 0.2) is 0 Å². The van der Waals surface area contributed by atoms with Crippen LogP contribution in [0, 0.1) is 0 Å². The average Bonchev–Trinajstić information content (AvgIpc) is 2.48. The summed E-state index contributed by atoms with van der Waals surface area (Å²) in [6.45, 7) is 1.04. The van der Waals surface area contributed by atoms with E-state index in [9.17, 15) is 14.7 Å². The van der Waals surface area contributed by atoms with Gasteiger partial charge in [-0.3, -0.25) is 4.79 Å². The molecule has 1 unspecified atom stereocenters. The summed E-state index contributed by atoms with van der Waals surface area (Å²) in [5.41, 5.74) is 1.25. The summed E-state index contributed by atoms with van der Waals surface area (Å²) in [5.74, 6) is -0.897. The summed E-state index contributed by atoms with van der Waals surface area (Å²) in [6.07, 6.45) is -0.0513. The lowest BCUT2D eigenvalue weighted by Gasteiger charge is -2.34. The van der Waals surface area contributed by atoms with Gasteiger partial charge in [-0.15, -0.1) is 0 Å². The molecule has 21 heavy (non-hydrogen) atoms. The van der Waals surface area contributed by atoms with Gasteiger partial charge in [-0.25, -0.2) is 4.79 Å². The Kier molecular flexibility index (Phi) is 5.13. The number of hydrogen-bond donors (Lipinski definition) is 3. The molecule has 2 rings (SSSR count). The van der Waals surface area contributed by atoms with Gasteiger partial charge in [-0.05, 0) is 17.7 Å². The first-order chi connectivity index (χ1) is 10.1. The summed E-state index contributed by atoms with van der Waals surface area (Å²) < 4.78 is 5.22. The Labute approximate surface area is 122 Å². The average molecular weight is 294 g/mol. The molecule has 0 bridgehead atoms. The van der Waals surface area contributed by atoms with E-state index in [4.69, 9.17) is 9.84 Å². The fourth-order valence-electron chi connectivity index (χ4n) is 2.15. The van der Waals surface area contributed by atoms with E-state index in [-0.39, 0.29) is 25.1 Å². The Morgan fingerprint density at radius 3 is 2.67 bits per heavy atom. The summed E-state index contributed by atoms with van der Waals surface area (Å²) in [5, 5.41) is 20.7. The molecule has 0 aliphatic carbocycles. The van der Waals surface area contributed by atoms with Crippen molar-refractivity contribution in [3.05, 3.63) is 29.8 Å². The molecule has 0 radical (unpaired) electrons. The zero-order valence-corrected chi connectivity index (χ0v) is 11.5. The standard InChI is InChI=1S/C14H18N2O5/c17-8-12-9-21-6-5-16(12)14(20)15-11-3-1-10(2-4-11)7-13(18)19/h1-4,12,17H,5-9H2,(H,15,20)(H,18,19). The SMILES string of the molecule is O=C(O)Cc1ccc(NC(=O)N2CCOCC2CO)cc1. The normalized spacial score (nSPS) is 18.3. The Hall–Kier alpha value is -2.12. The maximum atomic E-state index is 12.2. The van der Waals surface area contributed by atoms with Gasteiger partial charge in [-0.2, -0.15) is 0 Å². The van der Waals surface area contributed by atoms with Crippen molar-refractivity contribution in [2.24, 2.45) is 0 Å². The number of urea groups is 1. The zero-order chi connectivity index (χ0) is 15.2. The lowest BCUT2D eigenvalue weighted by molar-refractivity contribution is -0.136. The molecular weight excluding hydrogens is 276 g/mol. The number of carboxylic acid groups (broad SMARTS) is 1. The number of ether oxygens (including phenoxy) is 1. The van der Waals surface area contributed by atoms with Crippen LogP contribution in [0.25, 0.3) is 0 Å². The Morgan fingerprint density at radius 1 is 1.33 bits per heavy atom. The van der Waals surface area contributed by atoms with Crippen LogP contribution in [0.5, 0.6) is 0 Å². The van der Waals surface area contributed by atoms with Crippen LogP contribution >= 0.6 is 0 Å². The highest BCUT2D eigenvalue weighted by molar-refractivity contribution is 5.89. The molecule has 1 aliphatic rings. The van der Waals surface area contributed by atoms with Crippen molar-refractivity contribution in [2.75, 3.05) is 31.7 Å². The summed E-state index contributed by atoms with van der Waals surface area (Å²) in [7, 11) is 0. The quantitative estimate of drug-likeness (QED) is 0.752. The largest absolute Gasteiger partial charge is 0.481 e. The first-order valence-corrected chi connectivity index (χ1v) is 6.67. The molecule has 0 saturated carbocycles. The molecule has 0 aromatic heterocycles. The number of amides is 2. The lowest BCUT2D eigenvalue weighted by Crippen LogP contribution is -2.52. The van der Waals surface area contributed by atoms with Crippen LogP contribution in [-0.2, 0) is 16.0 Å². The maximum absolute atomic E-state index is 12.2. The number of carboxylic acids is 1. The van der Waals surface area contributed by atoms with Crippen molar-refractivity contribution in [1.29, 1.82) is 0 Å². The van der Waals surface area contributed by atoms with Gasteiger partial charge in [0.05, 0.1) is 32.3 Å². The molecule has 0 spiro atoms. The molecule has 1 atom stereocenters. The van der Waals surface area contributed by atoms with E-state index in [1.807, 2.05) is 0 Å². The van der Waals surface area contributed by atoms with E-state index in [1.54, 1.807) is 24.3 Å². The third-order valence-corrected chi connectivity index (χ3v) is 3.26. The lowest BCUT2D eigenvalue weighted by atomic mass is 10.1. The van der Waals surface area contributed by atoms with Crippen LogP contribution in [0.1, 0.15) is 5.56 Å². The minimum Gasteiger partial charge on any atom is -0.481 e. The number of aliphatic carboxylic acids is 1. The molecule has 2 amide bonds. The fourth-order valence-corrected chi connectivity index (χ4v) is 2.15. The number of hydrogen-bond acceptors (Lipinski definition) is 4. The van der Waals surface area contributed by atoms with E-state index >= 15 is 0 Å². The summed E-state index contributed by atoms with van der Waals surface area (Å²) in [6, 6.07) is 5.99. The summed E-state index contributed by atoms with van der Waals surface area (Å²) in [4.78, 5) is 24.3. The molecule has 1 heterocycles. The van der Waals surface area contributed by atoms with Crippen molar-refractivity contribution in [3.8, 4) is 0 Å². The number of nitrogens with one attached hydrogen (secondary N) is 1. The van der Waals surface area contributed by atoms with Crippen LogP contribution in [0.15, 0.2) is 24.3 Å². The van der Waals surface area contributed by atoms with Crippen molar-refractivity contribution in [2.45, 2.75) is 12.5 Å². The molecule has 1 aromatic rings. The van der Waals surface area contributed by atoms with Crippen LogP contribution in [-0.4, -0.2) is 59.5 Å². The van der Waals surface area contributed by atoms with E-state index in [2.05, 4.69) is 5.32 Å². The van der Waals surface area contributed by atoms with E-state index in [0.717, 1.165) is 0 Å². The van der Waals surface area contributed by atoms with Gasteiger partial charge >= 0.3 is 12.0 Å². The smallest absolute Gasteiger partial charge is 0.322 e. The predicted octanol–water partition coefficient (Wildman–Crippen LogP) is 0.539. The van der Waals surface area contributed by atoms with Gasteiger partial charge in [0, 0.05) is 12.2 Å². The van der Waals surface area contributed by atoms with Crippen LogP contribution < -0.4 is 5.32 Å². The van der Waals surface area contributed by atoms with Gasteiger partial charge in [-0.1, -0.05) is 12.1 Å². The van der Waals surface area contributed by atoms with Gasteiger partial charge in [0.1, 0.15) is 0 Å². The highest BCUT2D eigenvalue weighted by Crippen LogP contribution is 2.13. The molecule has 7 nitrogen and oxygen atoms in total. The van der Waals surface area contributed by atoms with Gasteiger partial charge in [0.2, 0.25) is 0 Å². The molecule has 3 N–H and O–H groups in total. The third-order valence-electron chi connectivity index (χ3n) is 3.26. The second kappa shape index (κ2) is 7.05. The fraction of sp³-hybridized carbons (Fsp3) is 0.429. The van der Waals surface area contributed by atoms with Crippen molar-refractivity contribution >= 4 is 17.7 Å². The predicted molar refractivity (Wildman–Crippen MR) is 75.2 cm³/mol. The van der Waals surface area contributed by atoms with Crippen molar-refractivity contribution in [1.82, 2.24) is 4.90 Å². The number of aliphatic hydroxyl groups excluding tert-OH is 1. The second-order valence-electron chi connectivity index (χ2n) is 4.80. The molecule has 1 fully saturated rings. The number of morpholine rings is 1. The number of nitrogens with zero attached hydrogens (tertiary/aromatic N) is 1. The molecule has 1 saturated heterocycles. The molecule has 7 heteroatoms. The first-order valence-electron chi connectivity index (χ1n) is 6.67. The number of carbonyl (C=O) groups excluding carboxylic acids is 1. The Bertz CT molecular complexity index is 503. The van der Waals surface area contributed by atoms with E-state index < -0.39 is 5.97 Å². The van der Waals surface area contributed by atoms with Crippen molar-refractivity contribution in [3.63, 3.8) is 0 Å².